The second kappa shape index (κ2) is 5.67. The summed E-state index contributed by atoms with van der Waals surface area (Å²) in [7, 11) is 1.70. The summed E-state index contributed by atoms with van der Waals surface area (Å²) in [6.07, 6.45) is 6.24. The summed E-state index contributed by atoms with van der Waals surface area (Å²) in [5, 5.41) is 0. The summed E-state index contributed by atoms with van der Waals surface area (Å²) < 4.78 is 0. The van der Waals surface area contributed by atoms with Crippen LogP contribution < -0.4 is 0 Å². The molecule has 25 heavy (non-hydrogen) atoms. The molecule has 0 N–H and O–H groups in total. The van der Waals surface area contributed by atoms with Crippen LogP contribution in [0, 0.1) is 0 Å². The zero-order valence-electron chi connectivity index (χ0n) is 13.7. The predicted molar refractivity (Wildman–Crippen MR) is 97.2 cm³/mol. The Kier molecular flexibility index (Phi) is 3.46. The lowest BCUT2D eigenvalue weighted by atomic mass is 10.0. The van der Waals surface area contributed by atoms with Gasteiger partial charge < -0.3 is 4.90 Å². The molecule has 0 saturated carbocycles. The Labute approximate surface area is 145 Å². The average molecular weight is 328 g/mol. The molecule has 1 heterocycles. The average Bonchev–Trinajstić information content (AvgIpc) is 2.91. The Morgan fingerprint density at radius 1 is 0.800 bits per heavy atom. The first-order chi connectivity index (χ1) is 12.1. The summed E-state index contributed by atoms with van der Waals surface area (Å²) in [5.74, 6) is -0.251. The van der Waals surface area contributed by atoms with Crippen molar-refractivity contribution >= 4 is 17.4 Å². The number of amides is 1. The quantitative estimate of drug-likeness (QED) is 0.851. The molecular weight excluding hydrogens is 312 g/mol. The minimum Gasteiger partial charge on any atom is -0.309 e. The molecule has 2 aromatic rings. The highest BCUT2D eigenvalue weighted by Crippen LogP contribution is 2.31. The fourth-order valence-corrected chi connectivity index (χ4v) is 3.08. The number of hydrogen-bond acceptors (Lipinski definition) is 3. The maximum atomic E-state index is 12.7. The van der Waals surface area contributed by atoms with Gasteiger partial charge in [0.25, 0.3) is 5.91 Å². The van der Waals surface area contributed by atoms with Crippen molar-refractivity contribution in [3.8, 4) is 11.1 Å². The van der Waals surface area contributed by atoms with Crippen LogP contribution in [0.5, 0.6) is 0 Å². The Bertz CT molecular complexity index is 922. The fourth-order valence-electron chi connectivity index (χ4n) is 3.08. The smallest absolute Gasteiger partial charge is 0.274 e. The first kappa shape index (κ1) is 15.3. The van der Waals surface area contributed by atoms with Gasteiger partial charge in [-0.3, -0.25) is 9.59 Å². The van der Waals surface area contributed by atoms with Crippen LogP contribution in [0.4, 0.5) is 0 Å². The highest BCUT2D eigenvalue weighted by Gasteiger charge is 2.42. The van der Waals surface area contributed by atoms with Crippen molar-refractivity contribution in [2.45, 2.75) is 5.66 Å². The lowest BCUT2D eigenvalue weighted by Gasteiger charge is -2.28. The number of aliphatic imine (C=N–C) groups is 1. The molecule has 1 spiro atoms. The van der Waals surface area contributed by atoms with Crippen molar-refractivity contribution < 1.29 is 9.59 Å². The maximum absolute atomic E-state index is 12.7. The van der Waals surface area contributed by atoms with E-state index in [4.69, 9.17) is 0 Å². The van der Waals surface area contributed by atoms with E-state index in [1.165, 1.54) is 12.2 Å². The third-order valence-electron chi connectivity index (χ3n) is 4.59. The second-order valence-corrected chi connectivity index (χ2v) is 6.12. The van der Waals surface area contributed by atoms with E-state index in [9.17, 15) is 9.59 Å². The van der Waals surface area contributed by atoms with Gasteiger partial charge in [0, 0.05) is 12.6 Å². The monoisotopic (exact) mass is 328 g/mol. The molecule has 1 aliphatic heterocycles. The third kappa shape index (κ3) is 2.52. The van der Waals surface area contributed by atoms with Crippen molar-refractivity contribution in [2.24, 2.45) is 4.99 Å². The maximum Gasteiger partial charge on any atom is 0.274 e. The molecule has 1 aliphatic carbocycles. The molecule has 0 saturated heterocycles. The molecule has 1 amide bonds. The Balaban J connectivity index is 1.70. The largest absolute Gasteiger partial charge is 0.309 e. The van der Waals surface area contributed by atoms with Gasteiger partial charge in [-0.2, -0.15) is 0 Å². The summed E-state index contributed by atoms with van der Waals surface area (Å²) in [4.78, 5) is 30.2. The molecule has 4 nitrogen and oxygen atoms in total. The fraction of sp³-hybridized carbons (Fsp3) is 0.0952. The van der Waals surface area contributed by atoms with Gasteiger partial charge in [-0.25, -0.2) is 4.99 Å². The predicted octanol–water partition coefficient (Wildman–Crippen LogP) is 3.01. The molecule has 2 aromatic carbocycles. The van der Waals surface area contributed by atoms with Gasteiger partial charge in [-0.1, -0.05) is 54.6 Å². The van der Waals surface area contributed by atoms with E-state index < -0.39 is 5.66 Å². The van der Waals surface area contributed by atoms with Crippen molar-refractivity contribution in [2.75, 3.05) is 7.05 Å². The number of hydrogen-bond donors (Lipinski definition) is 0. The van der Waals surface area contributed by atoms with Crippen LogP contribution in [-0.2, 0) is 9.59 Å². The van der Waals surface area contributed by atoms with Gasteiger partial charge in [0.1, 0.15) is 5.71 Å². The lowest BCUT2D eigenvalue weighted by Crippen LogP contribution is -2.42. The van der Waals surface area contributed by atoms with Crippen LogP contribution in [-0.4, -0.2) is 35.0 Å². The second-order valence-electron chi connectivity index (χ2n) is 6.12. The highest BCUT2D eigenvalue weighted by molar-refractivity contribution is 6.47. The van der Waals surface area contributed by atoms with Gasteiger partial charge in [0.05, 0.1) is 0 Å². The topological polar surface area (TPSA) is 49.7 Å². The number of benzene rings is 2. The summed E-state index contributed by atoms with van der Waals surface area (Å²) in [5.41, 5.74) is 2.50. The molecule has 0 fully saturated rings. The highest BCUT2D eigenvalue weighted by atomic mass is 16.2. The van der Waals surface area contributed by atoms with E-state index >= 15 is 0 Å². The number of likely N-dealkylation sites (N-methyl/N-ethyl adjacent to an activating group) is 1. The van der Waals surface area contributed by atoms with Gasteiger partial charge in [-0.05, 0) is 35.4 Å². The van der Waals surface area contributed by atoms with E-state index in [0.29, 0.717) is 5.71 Å². The molecule has 122 valence electrons. The summed E-state index contributed by atoms with van der Waals surface area (Å²) in [6.45, 7) is 0. The van der Waals surface area contributed by atoms with E-state index in [1.807, 2.05) is 54.6 Å². The number of allylic oxidation sites excluding steroid dienone is 2. The molecule has 0 radical (unpaired) electrons. The van der Waals surface area contributed by atoms with Crippen LogP contribution in [0.25, 0.3) is 11.1 Å². The normalized spacial score (nSPS) is 18.1. The standard InChI is InChI=1S/C21H16N2O2/c1-23-20(25)19(22-21(23)13-11-18(24)12-14-21)17-9-7-16(8-10-17)15-5-3-2-4-6-15/h2-14H,1H3. The SMILES string of the molecule is CN1C(=O)C(c2ccc(-c3ccccc3)cc2)=NC12C=CC(=O)C=C2. The van der Waals surface area contributed by atoms with Crippen LogP contribution in [0.1, 0.15) is 5.56 Å². The van der Waals surface area contributed by atoms with Crippen LogP contribution >= 0.6 is 0 Å². The molecule has 0 bridgehead atoms. The van der Waals surface area contributed by atoms with E-state index in [1.54, 1.807) is 24.1 Å². The number of carbonyl (C=O) groups is 2. The molecular formula is C21H16N2O2. The Morgan fingerprint density at radius 2 is 1.36 bits per heavy atom. The molecule has 2 aliphatic rings. The molecule has 4 rings (SSSR count). The summed E-state index contributed by atoms with van der Waals surface area (Å²) >= 11 is 0. The van der Waals surface area contributed by atoms with Crippen LogP contribution in [0.3, 0.4) is 0 Å². The summed E-state index contributed by atoms with van der Waals surface area (Å²) in [6, 6.07) is 17.9. The van der Waals surface area contributed by atoms with Gasteiger partial charge >= 0.3 is 0 Å². The van der Waals surface area contributed by atoms with Crippen LogP contribution in [0.2, 0.25) is 0 Å². The van der Waals surface area contributed by atoms with E-state index in [0.717, 1.165) is 16.7 Å². The van der Waals surface area contributed by atoms with Gasteiger partial charge in [-0.15, -0.1) is 0 Å². The minimum atomic E-state index is -0.890. The lowest BCUT2D eigenvalue weighted by molar-refractivity contribution is -0.124. The molecule has 0 aromatic heterocycles. The Morgan fingerprint density at radius 3 is 2.00 bits per heavy atom. The molecule has 0 unspecified atom stereocenters. The zero-order valence-corrected chi connectivity index (χ0v) is 13.7. The Hall–Kier alpha value is -3.27. The first-order valence-electron chi connectivity index (χ1n) is 8.05. The third-order valence-corrected chi connectivity index (χ3v) is 4.59. The number of nitrogens with zero attached hydrogens (tertiary/aromatic N) is 2. The minimum absolute atomic E-state index is 0.0951. The van der Waals surface area contributed by atoms with Crippen molar-refractivity contribution in [1.82, 2.24) is 4.90 Å². The number of rotatable bonds is 2. The van der Waals surface area contributed by atoms with E-state index in [-0.39, 0.29) is 11.7 Å². The number of ketones is 1. The van der Waals surface area contributed by atoms with Gasteiger partial charge in [0.15, 0.2) is 11.4 Å². The van der Waals surface area contributed by atoms with E-state index in [2.05, 4.69) is 4.99 Å². The van der Waals surface area contributed by atoms with Gasteiger partial charge in [0.2, 0.25) is 0 Å². The zero-order chi connectivity index (χ0) is 17.4. The van der Waals surface area contributed by atoms with Crippen molar-refractivity contribution in [1.29, 1.82) is 0 Å². The van der Waals surface area contributed by atoms with Crippen molar-refractivity contribution in [3.63, 3.8) is 0 Å². The van der Waals surface area contributed by atoms with Crippen molar-refractivity contribution in [3.05, 3.63) is 84.5 Å². The molecule has 0 atom stereocenters. The van der Waals surface area contributed by atoms with Crippen LogP contribution in [0.15, 0.2) is 83.9 Å². The molecule has 4 heteroatoms. The first-order valence-corrected chi connectivity index (χ1v) is 8.05. The number of carbonyl (C=O) groups excluding carboxylic acids is 2.